The van der Waals surface area contributed by atoms with Crippen LogP contribution in [-0.2, 0) is 4.79 Å². The summed E-state index contributed by atoms with van der Waals surface area (Å²) in [5.74, 6) is 0. The van der Waals surface area contributed by atoms with Gasteiger partial charge in [0, 0.05) is 0 Å². The zero-order chi connectivity index (χ0) is 10.2. The lowest BCUT2D eigenvalue weighted by Gasteiger charge is -2.21. The van der Waals surface area contributed by atoms with Gasteiger partial charge in [0.25, 0.3) is 0 Å². The Morgan fingerprint density at radius 1 is 1.38 bits per heavy atom. The Labute approximate surface area is 80.7 Å². The SMILES string of the molecule is CCCCCC(C)(O)CC=CC=O. The van der Waals surface area contributed by atoms with Gasteiger partial charge in [-0.15, -0.1) is 0 Å². The fourth-order valence-corrected chi connectivity index (χ4v) is 1.24. The highest BCUT2D eigenvalue weighted by molar-refractivity contribution is 5.64. The molecule has 0 aromatic rings. The van der Waals surface area contributed by atoms with Crippen molar-refractivity contribution < 1.29 is 9.90 Å². The number of aliphatic hydroxyl groups is 1. The Kier molecular flexibility index (Phi) is 6.51. The zero-order valence-corrected chi connectivity index (χ0v) is 8.62. The third kappa shape index (κ3) is 7.72. The second-order valence-electron chi connectivity index (χ2n) is 3.72. The van der Waals surface area contributed by atoms with Crippen molar-refractivity contribution in [2.24, 2.45) is 0 Å². The summed E-state index contributed by atoms with van der Waals surface area (Å²) >= 11 is 0. The summed E-state index contributed by atoms with van der Waals surface area (Å²) in [5, 5.41) is 9.80. The first-order chi connectivity index (χ1) is 6.12. The van der Waals surface area contributed by atoms with E-state index in [1.807, 2.05) is 6.92 Å². The second-order valence-corrected chi connectivity index (χ2v) is 3.72. The molecule has 1 atom stereocenters. The van der Waals surface area contributed by atoms with Gasteiger partial charge in [-0.3, -0.25) is 4.79 Å². The quantitative estimate of drug-likeness (QED) is 0.375. The maximum absolute atomic E-state index is 9.98. The largest absolute Gasteiger partial charge is 0.390 e. The molecule has 0 bridgehead atoms. The Hall–Kier alpha value is -0.630. The fraction of sp³-hybridized carbons (Fsp3) is 0.727. The summed E-state index contributed by atoms with van der Waals surface area (Å²) in [5.41, 5.74) is -0.644. The number of carbonyl (C=O) groups excluding carboxylic acids is 1. The van der Waals surface area contributed by atoms with Gasteiger partial charge in [0.05, 0.1) is 5.60 Å². The zero-order valence-electron chi connectivity index (χ0n) is 8.62. The van der Waals surface area contributed by atoms with Gasteiger partial charge < -0.3 is 5.11 Å². The van der Waals surface area contributed by atoms with Crippen molar-refractivity contribution in [3.05, 3.63) is 12.2 Å². The topological polar surface area (TPSA) is 37.3 Å². The molecule has 0 aliphatic heterocycles. The second kappa shape index (κ2) is 6.84. The van der Waals surface area contributed by atoms with Crippen LogP contribution < -0.4 is 0 Å². The Morgan fingerprint density at radius 3 is 2.62 bits per heavy atom. The van der Waals surface area contributed by atoms with Gasteiger partial charge in [0.1, 0.15) is 6.29 Å². The summed E-state index contributed by atoms with van der Waals surface area (Å²) in [6, 6.07) is 0. The van der Waals surface area contributed by atoms with Crippen molar-refractivity contribution in [2.45, 2.75) is 51.6 Å². The fourth-order valence-electron chi connectivity index (χ4n) is 1.24. The molecule has 2 nitrogen and oxygen atoms in total. The molecule has 0 aromatic heterocycles. The lowest BCUT2D eigenvalue weighted by Crippen LogP contribution is -2.22. The number of hydrogen-bond acceptors (Lipinski definition) is 2. The molecule has 0 saturated heterocycles. The van der Waals surface area contributed by atoms with Crippen molar-refractivity contribution in [3.8, 4) is 0 Å². The third-order valence-corrected chi connectivity index (χ3v) is 2.09. The number of allylic oxidation sites excluding steroid dienone is 1. The van der Waals surface area contributed by atoms with E-state index in [1.54, 1.807) is 6.08 Å². The number of aldehydes is 1. The van der Waals surface area contributed by atoms with Crippen LogP contribution in [0.3, 0.4) is 0 Å². The van der Waals surface area contributed by atoms with E-state index in [2.05, 4.69) is 6.92 Å². The molecule has 0 heterocycles. The molecule has 0 fully saturated rings. The van der Waals surface area contributed by atoms with Gasteiger partial charge in [-0.25, -0.2) is 0 Å². The van der Waals surface area contributed by atoms with Crippen LogP contribution in [-0.4, -0.2) is 17.0 Å². The van der Waals surface area contributed by atoms with E-state index in [-0.39, 0.29) is 0 Å². The van der Waals surface area contributed by atoms with Crippen LogP contribution in [0.1, 0.15) is 46.0 Å². The van der Waals surface area contributed by atoms with Gasteiger partial charge in [-0.05, 0) is 25.8 Å². The molecule has 0 aromatic carbocycles. The molecule has 0 spiro atoms. The van der Waals surface area contributed by atoms with Gasteiger partial charge in [-0.1, -0.05) is 32.3 Å². The van der Waals surface area contributed by atoms with E-state index in [0.29, 0.717) is 6.42 Å². The van der Waals surface area contributed by atoms with E-state index in [4.69, 9.17) is 0 Å². The first-order valence-corrected chi connectivity index (χ1v) is 4.95. The lowest BCUT2D eigenvalue weighted by atomic mass is 9.95. The molecule has 0 aliphatic carbocycles. The molecule has 0 saturated carbocycles. The number of carbonyl (C=O) groups is 1. The van der Waals surface area contributed by atoms with Crippen LogP contribution in [0, 0.1) is 0 Å². The van der Waals surface area contributed by atoms with Gasteiger partial charge in [0.15, 0.2) is 0 Å². The summed E-state index contributed by atoms with van der Waals surface area (Å²) in [6.07, 6.45) is 8.65. The van der Waals surface area contributed by atoms with Crippen molar-refractivity contribution in [3.63, 3.8) is 0 Å². The molecule has 0 rings (SSSR count). The maximum atomic E-state index is 9.98. The van der Waals surface area contributed by atoms with Crippen molar-refractivity contribution in [2.75, 3.05) is 0 Å². The van der Waals surface area contributed by atoms with Gasteiger partial charge in [0.2, 0.25) is 0 Å². The van der Waals surface area contributed by atoms with E-state index in [9.17, 15) is 9.90 Å². The molecule has 76 valence electrons. The molecule has 0 aliphatic rings. The first-order valence-electron chi connectivity index (χ1n) is 4.95. The van der Waals surface area contributed by atoms with E-state index in [0.717, 1.165) is 25.5 Å². The third-order valence-electron chi connectivity index (χ3n) is 2.09. The van der Waals surface area contributed by atoms with Crippen LogP contribution in [0.25, 0.3) is 0 Å². The van der Waals surface area contributed by atoms with Crippen LogP contribution in [0.2, 0.25) is 0 Å². The normalized spacial score (nSPS) is 15.9. The highest BCUT2D eigenvalue weighted by atomic mass is 16.3. The van der Waals surface area contributed by atoms with Gasteiger partial charge >= 0.3 is 0 Å². The van der Waals surface area contributed by atoms with Crippen LogP contribution in [0.15, 0.2) is 12.2 Å². The van der Waals surface area contributed by atoms with Gasteiger partial charge in [-0.2, -0.15) is 0 Å². The Morgan fingerprint density at radius 2 is 2.08 bits per heavy atom. The van der Waals surface area contributed by atoms with E-state index in [1.165, 1.54) is 12.5 Å². The predicted octanol–water partition coefficient (Wildman–Crippen LogP) is 2.46. The monoisotopic (exact) mass is 184 g/mol. The highest BCUT2D eigenvalue weighted by Gasteiger charge is 2.17. The average molecular weight is 184 g/mol. The number of hydrogen-bond donors (Lipinski definition) is 1. The minimum absolute atomic E-state index is 0.565. The summed E-state index contributed by atoms with van der Waals surface area (Å²) in [4.78, 5) is 9.98. The summed E-state index contributed by atoms with van der Waals surface area (Å²) in [7, 11) is 0. The molecule has 1 N–H and O–H groups in total. The van der Waals surface area contributed by atoms with Crippen LogP contribution in [0.4, 0.5) is 0 Å². The average Bonchev–Trinajstić information content (AvgIpc) is 2.05. The lowest BCUT2D eigenvalue weighted by molar-refractivity contribution is -0.104. The standard InChI is InChI=1S/C11H20O2/c1-3-4-5-8-11(2,13)9-6-7-10-12/h6-7,10,13H,3-5,8-9H2,1-2H3. The minimum atomic E-state index is -0.644. The molecule has 1 unspecified atom stereocenters. The highest BCUT2D eigenvalue weighted by Crippen LogP contribution is 2.18. The summed E-state index contributed by atoms with van der Waals surface area (Å²) < 4.78 is 0. The molecular weight excluding hydrogens is 164 g/mol. The molecular formula is C11H20O2. The molecule has 0 amide bonds. The predicted molar refractivity (Wildman–Crippen MR) is 54.6 cm³/mol. The maximum Gasteiger partial charge on any atom is 0.142 e. The Balaban J connectivity index is 3.65. The van der Waals surface area contributed by atoms with Crippen molar-refractivity contribution >= 4 is 6.29 Å². The van der Waals surface area contributed by atoms with Crippen molar-refractivity contribution in [1.29, 1.82) is 0 Å². The van der Waals surface area contributed by atoms with Crippen LogP contribution in [0.5, 0.6) is 0 Å². The molecule has 13 heavy (non-hydrogen) atoms. The molecule has 2 heteroatoms. The summed E-state index contributed by atoms with van der Waals surface area (Å²) in [6.45, 7) is 3.96. The van der Waals surface area contributed by atoms with E-state index < -0.39 is 5.60 Å². The first kappa shape index (κ1) is 12.4. The smallest absolute Gasteiger partial charge is 0.142 e. The Bertz CT molecular complexity index is 159. The van der Waals surface area contributed by atoms with Crippen LogP contribution >= 0.6 is 0 Å². The number of rotatable bonds is 7. The minimum Gasteiger partial charge on any atom is -0.390 e. The van der Waals surface area contributed by atoms with E-state index >= 15 is 0 Å². The van der Waals surface area contributed by atoms with Crippen molar-refractivity contribution in [1.82, 2.24) is 0 Å². The number of unbranched alkanes of at least 4 members (excludes halogenated alkanes) is 2. The molecule has 0 radical (unpaired) electrons.